The monoisotopic (exact) mass is 303 g/mol. The number of amides is 2. The number of nitrogens with one attached hydrogen (secondary N) is 1. The summed E-state index contributed by atoms with van der Waals surface area (Å²) in [5.41, 5.74) is 0.663. The van der Waals surface area contributed by atoms with E-state index >= 15 is 0 Å². The Balaban J connectivity index is 1.68. The lowest BCUT2D eigenvalue weighted by Crippen LogP contribution is -2.30. The number of aromatic nitrogens is 2. The van der Waals surface area contributed by atoms with Crippen molar-refractivity contribution in [2.75, 3.05) is 36.4 Å². The third-order valence-corrected chi connectivity index (χ3v) is 4.36. The number of hydrogen-bond acceptors (Lipinski definition) is 5. The standard InChI is InChI=1S/C15H21N5O2/c1-11(21)20-7-4-12(9-20)15(22)18-13-8-16-10-17-14(13)19-5-2-3-6-19/h8,10,12H,2-7,9H2,1H3,(H,18,22). The summed E-state index contributed by atoms with van der Waals surface area (Å²) in [4.78, 5) is 36.0. The topological polar surface area (TPSA) is 78.4 Å². The average molecular weight is 303 g/mol. The third kappa shape index (κ3) is 3.03. The lowest BCUT2D eigenvalue weighted by molar-refractivity contribution is -0.128. The van der Waals surface area contributed by atoms with Crippen LogP contribution in [-0.2, 0) is 9.59 Å². The first-order chi connectivity index (χ1) is 10.6. The van der Waals surface area contributed by atoms with Crippen molar-refractivity contribution in [3.8, 4) is 0 Å². The highest BCUT2D eigenvalue weighted by atomic mass is 16.2. The SMILES string of the molecule is CC(=O)N1CCC(C(=O)Nc2cncnc2N2CCCC2)C1. The number of carbonyl (C=O) groups excluding carboxylic acids is 2. The molecule has 0 spiro atoms. The molecule has 2 aliphatic rings. The lowest BCUT2D eigenvalue weighted by atomic mass is 10.1. The maximum absolute atomic E-state index is 12.4. The largest absolute Gasteiger partial charge is 0.355 e. The van der Waals surface area contributed by atoms with E-state index in [-0.39, 0.29) is 17.7 Å². The fraction of sp³-hybridized carbons (Fsp3) is 0.600. The zero-order chi connectivity index (χ0) is 15.5. The normalized spacial score (nSPS) is 21.2. The molecule has 7 heteroatoms. The second kappa shape index (κ2) is 6.29. The fourth-order valence-corrected chi connectivity index (χ4v) is 3.09. The molecular formula is C15H21N5O2. The fourth-order valence-electron chi connectivity index (χ4n) is 3.09. The molecule has 22 heavy (non-hydrogen) atoms. The summed E-state index contributed by atoms with van der Waals surface area (Å²) in [5, 5.41) is 2.95. The molecule has 1 aromatic rings. The Kier molecular flexibility index (Phi) is 4.22. The van der Waals surface area contributed by atoms with E-state index in [0.29, 0.717) is 25.2 Å². The predicted octanol–water partition coefficient (Wildman–Crippen LogP) is 0.884. The van der Waals surface area contributed by atoms with E-state index in [2.05, 4.69) is 20.2 Å². The van der Waals surface area contributed by atoms with Crippen LogP contribution in [0.4, 0.5) is 11.5 Å². The van der Waals surface area contributed by atoms with Gasteiger partial charge in [0.25, 0.3) is 0 Å². The van der Waals surface area contributed by atoms with Gasteiger partial charge in [-0.3, -0.25) is 9.59 Å². The second-order valence-electron chi connectivity index (χ2n) is 5.89. The molecule has 0 bridgehead atoms. The summed E-state index contributed by atoms with van der Waals surface area (Å²) in [5.74, 6) is 0.605. The molecule has 3 heterocycles. The Hall–Kier alpha value is -2.18. The van der Waals surface area contributed by atoms with Gasteiger partial charge in [-0.15, -0.1) is 0 Å². The van der Waals surface area contributed by atoms with Crippen LogP contribution < -0.4 is 10.2 Å². The summed E-state index contributed by atoms with van der Waals surface area (Å²) < 4.78 is 0. The van der Waals surface area contributed by atoms with Crippen molar-refractivity contribution in [1.82, 2.24) is 14.9 Å². The first kappa shape index (κ1) is 14.7. The van der Waals surface area contributed by atoms with Crippen LogP contribution in [0.3, 0.4) is 0 Å². The molecule has 1 unspecified atom stereocenters. The molecular weight excluding hydrogens is 282 g/mol. The summed E-state index contributed by atoms with van der Waals surface area (Å²) in [6, 6.07) is 0. The molecule has 2 fully saturated rings. The molecule has 2 amide bonds. The number of carbonyl (C=O) groups is 2. The molecule has 3 rings (SSSR count). The minimum Gasteiger partial charge on any atom is -0.355 e. The lowest BCUT2D eigenvalue weighted by Gasteiger charge is -2.20. The molecule has 7 nitrogen and oxygen atoms in total. The smallest absolute Gasteiger partial charge is 0.229 e. The molecule has 2 aliphatic heterocycles. The van der Waals surface area contributed by atoms with Crippen LogP contribution in [0.15, 0.2) is 12.5 Å². The van der Waals surface area contributed by atoms with Crippen molar-refractivity contribution in [1.29, 1.82) is 0 Å². The molecule has 0 aromatic carbocycles. The molecule has 1 aromatic heterocycles. The van der Waals surface area contributed by atoms with Gasteiger partial charge in [0.05, 0.1) is 12.1 Å². The second-order valence-corrected chi connectivity index (χ2v) is 5.89. The predicted molar refractivity (Wildman–Crippen MR) is 82.5 cm³/mol. The molecule has 2 saturated heterocycles. The van der Waals surface area contributed by atoms with Gasteiger partial charge in [0.2, 0.25) is 11.8 Å². The van der Waals surface area contributed by atoms with Gasteiger partial charge in [-0.25, -0.2) is 9.97 Å². The maximum Gasteiger partial charge on any atom is 0.229 e. The van der Waals surface area contributed by atoms with Crippen molar-refractivity contribution >= 4 is 23.3 Å². The van der Waals surface area contributed by atoms with Crippen LogP contribution in [0.2, 0.25) is 0 Å². The molecule has 1 atom stereocenters. The molecule has 1 N–H and O–H groups in total. The van der Waals surface area contributed by atoms with E-state index in [1.807, 2.05) is 0 Å². The van der Waals surface area contributed by atoms with Crippen LogP contribution in [0.25, 0.3) is 0 Å². The van der Waals surface area contributed by atoms with Gasteiger partial charge in [0, 0.05) is 33.1 Å². The van der Waals surface area contributed by atoms with Gasteiger partial charge in [-0.1, -0.05) is 0 Å². The van der Waals surface area contributed by atoms with E-state index in [1.54, 1.807) is 11.1 Å². The van der Waals surface area contributed by atoms with Crippen LogP contribution in [0, 0.1) is 5.92 Å². The van der Waals surface area contributed by atoms with Crippen LogP contribution in [0.5, 0.6) is 0 Å². The first-order valence-corrected chi connectivity index (χ1v) is 7.76. The minimum absolute atomic E-state index is 0.0242. The van der Waals surface area contributed by atoms with Crippen molar-refractivity contribution in [3.05, 3.63) is 12.5 Å². The van der Waals surface area contributed by atoms with E-state index in [1.165, 1.54) is 13.3 Å². The molecule has 118 valence electrons. The highest BCUT2D eigenvalue weighted by molar-refractivity contribution is 5.95. The number of nitrogens with zero attached hydrogens (tertiary/aromatic N) is 4. The summed E-state index contributed by atoms with van der Waals surface area (Å²) in [6.45, 7) is 4.60. The third-order valence-electron chi connectivity index (χ3n) is 4.36. The Labute approximate surface area is 129 Å². The number of hydrogen-bond donors (Lipinski definition) is 1. The summed E-state index contributed by atoms with van der Waals surface area (Å²) in [6.07, 6.45) is 6.16. The van der Waals surface area contributed by atoms with E-state index in [0.717, 1.165) is 31.7 Å². The Morgan fingerprint density at radius 1 is 1.27 bits per heavy atom. The maximum atomic E-state index is 12.4. The van der Waals surface area contributed by atoms with Crippen LogP contribution in [0.1, 0.15) is 26.2 Å². The van der Waals surface area contributed by atoms with E-state index in [9.17, 15) is 9.59 Å². The highest BCUT2D eigenvalue weighted by Crippen LogP contribution is 2.26. The Morgan fingerprint density at radius 3 is 2.73 bits per heavy atom. The van der Waals surface area contributed by atoms with Crippen molar-refractivity contribution in [2.45, 2.75) is 26.2 Å². The highest BCUT2D eigenvalue weighted by Gasteiger charge is 2.30. The van der Waals surface area contributed by atoms with Gasteiger partial charge >= 0.3 is 0 Å². The Morgan fingerprint density at radius 2 is 2.05 bits per heavy atom. The van der Waals surface area contributed by atoms with Crippen LogP contribution >= 0.6 is 0 Å². The number of likely N-dealkylation sites (tertiary alicyclic amines) is 1. The molecule has 0 aliphatic carbocycles. The van der Waals surface area contributed by atoms with E-state index < -0.39 is 0 Å². The quantitative estimate of drug-likeness (QED) is 0.897. The van der Waals surface area contributed by atoms with E-state index in [4.69, 9.17) is 0 Å². The minimum atomic E-state index is -0.157. The number of anilines is 2. The van der Waals surface area contributed by atoms with Crippen molar-refractivity contribution in [3.63, 3.8) is 0 Å². The van der Waals surface area contributed by atoms with Gasteiger partial charge < -0.3 is 15.1 Å². The van der Waals surface area contributed by atoms with Crippen molar-refractivity contribution < 1.29 is 9.59 Å². The summed E-state index contributed by atoms with van der Waals surface area (Å²) in [7, 11) is 0. The summed E-state index contributed by atoms with van der Waals surface area (Å²) >= 11 is 0. The Bertz CT molecular complexity index is 571. The van der Waals surface area contributed by atoms with Gasteiger partial charge in [-0.05, 0) is 19.3 Å². The van der Waals surface area contributed by atoms with Gasteiger partial charge in [0.15, 0.2) is 5.82 Å². The zero-order valence-corrected chi connectivity index (χ0v) is 12.8. The van der Waals surface area contributed by atoms with Gasteiger partial charge in [-0.2, -0.15) is 0 Å². The first-order valence-electron chi connectivity index (χ1n) is 7.76. The van der Waals surface area contributed by atoms with Gasteiger partial charge in [0.1, 0.15) is 12.0 Å². The zero-order valence-electron chi connectivity index (χ0n) is 12.8. The molecule has 0 radical (unpaired) electrons. The van der Waals surface area contributed by atoms with Crippen molar-refractivity contribution in [2.24, 2.45) is 5.92 Å². The van der Waals surface area contributed by atoms with Crippen LogP contribution in [-0.4, -0.2) is 52.9 Å². The molecule has 0 saturated carbocycles. The number of rotatable bonds is 3. The average Bonchev–Trinajstić information content (AvgIpc) is 3.19.